The minimum absolute atomic E-state index is 0.233. The lowest BCUT2D eigenvalue weighted by atomic mass is 10.4. The molecule has 0 amide bonds. The van der Waals surface area contributed by atoms with E-state index in [0.29, 0.717) is 5.33 Å². The van der Waals surface area contributed by atoms with Gasteiger partial charge in [0.2, 0.25) is 10.0 Å². The minimum Gasteiger partial charge on any atom is -0.207 e. The summed E-state index contributed by atoms with van der Waals surface area (Å²) in [6.07, 6.45) is 0. The quantitative estimate of drug-likeness (QED) is 0.845. The van der Waals surface area contributed by atoms with Crippen molar-refractivity contribution in [2.24, 2.45) is 0 Å². The first-order chi connectivity index (χ1) is 7.10. The van der Waals surface area contributed by atoms with Crippen LogP contribution in [0.4, 0.5) is 0 Å². The summed E-state index contributed by atoms with van der Waals surface area (Å²) in [6.45, 7) is 0. The van der Waals surface area contributed by atoms with Gasteiger partial charge < -0.3 is 0 Å². The number of sulfonamides is 1. The van der Waals surface area contributed by atoms with Gasteiger partial charge in [-0.2, -0.15) is 0 Å². The van der Waals surface area contributed by atoms with Crippen molar-refractivity contribution in [3.63, 3.8) is 0 Å². The van der Waals surface area contributed by atoms with Crippen LogP contribution >= 0.6 is 27.5 Å². The molecule has 0 saturated carbocycles. The Bertz CT molecular complexity index is 392. The highest BCUT2D eigenvalue weighted by atomic mass is 79.9. The van der Waals surface area contributed by atoms with Gasteiger partial charge in [-0.1, -0.05) is 34.1 Å². The fourth-order valence-corrected chi connectivity index (χ4v) is 3.39. The highest BCUT2D eigenvalue weighted by molar-refractivity contribution is 9.09. The molecule has 0 aliphatic rings. The van der Waals surface area contributed by atoms with Crippen molar-refractivity contribution in [1.82, 2.24) is 4.72 Å². The Morgan fingerprint density at radius 2 is 1.93 bits per heavy atom. The van der Waals surface area contributed by atoms with Crippen LogP contribution in [0.2, 0.25) is 0 Å². The summed E-state index contributed by atoms with van der Waals surface area (Å²) in [5.41, 5.74) is 0. The van der Waals surface area contributed by atoms with Crippen LogP contribution < -0.4 is 4.72 Å². The lowest BCUT2D eigenvalue weighted by Crippen LogP contribution is -2.37. The number of nitrogens with one attached hydrogen (secondary N) is 1. The summed E-state index contributed by atoms with van der Waals surface area (Å²) in [7, 11) is -3.45. The number of benzene rings is 1. The zero-order valence-corrected chi connectivity index (χ0v) is 11.0. The summed E-state index contributed by atoms with van der Waals surface area (Å²) in [6, 6.07) is 7.92. The maximum atomic E-state index is 11.8. The monoisotopic (exact) mass is 311 g/mol. The molecule has 6 heteroatoms. The Labute approximate surface area is 103 Å². The molecule has 0 radical (unpaired) electrons. The van der Waals surface area contributed by atoms with Crippen molar-refractivity contribution >= 4 is 37.6 Å². The van der Waals surface area contributed by atoms with Gasteiger partial charge >= 0.3 is 0 Å². The first kappa shape index (κ1) is 13.0. The molecule has 1 atom stereocenters. The molecule has 0 bridgehead atoms. The van der Waals surface area contributed by atoms with Crippen molar-refractivity contribution in [2.75, 3.05) is 11.2 Å². The molecule has 0 saturated heterocycles. The highest BCUT2D eigenvalue weighted by Gasteiger charge is 2.17. The zero-order chi connectivity index (χ0) is 11.3. The SMILES string of the molecule is O=S(=O)(N[C@H](CCl)CBr)c1ccccc1. The lowest BCUT2D eigenvalue weighted by molar-refractivity contribution is 0.572. The predicted octanol–water partition coefficient (Wildman–Crippen LogP) is 1.97. The molecule has 3 nitrogen and oxygen atoms in total. The van der Waals surface area contributed by atoms with Crippen molar-refractivity contribution in [1.29, 1.82) is 0 Å². The van der Waals surface area contributed by atoms with Crippen LogP contribution in [-0.2, 0) is 10.0 Å². The van der Waals surface area contributed by atoms with Gasteiger partial charge in [-0.25, -0.2) is 13.1 Å². The van der Waals surface area contributed by atoms with Crippen LogP contribution in [0.1, 0.15) is 0 Å². The molecular formula is C9H11BrClNO2S. The minimum atomic E-state index is -3.45. The van der Waals surface area contributed by atoms with E-state index in [1.807, 2.05) is 0 Å². The van der Waals surface area contributed by atoms with Crippen LogP contribution in [0.25, 0.3) is 0 Å². The van der Waals surface area contributed by atoms with Gasteiger partial charge in [-0.3, -0.25) is 0 Å². The van der Waals surface area contributed by atoms with E-state index in [1.54, 1.807) is 30.3 Å². The van der Waals surface area contributed by atoms with Crippen LogP contribution in [0.15, 0.2) is 35.2 Å². The van der Waals surface area contributed by atoms with E-state index in [2.05, 4.69) is 20.7 Å². The molecule has 0 heterocycles. The Kier molecular flexibility index (Phi) is 5.05. The first-order valence-electron chi connectivity index (χ1n) is 4.29. The van der Waals surface area contributed by atoms with E-state index in [1.165, 1.54) is 0 Å². The molecule has 0 aromatic heterocycles. The molecule has 1 rings (SSSR count). The van der Waals surface area contributed by atoms with Crippen LogP contribution in [0.3, 0.4) is 0 Å². The molecule has 0 fully saturated rings. The summed E-state index contributed by atoms with van der Waals surface area (Å²) in [5, 5.41) is 0.489. The maximum absolute atomic E-state index is 11.8. The van der Waals surface area contributed by atoms with E-state index in [9.17, 15) is 8.42 Å². The van der Waals surface area contributed by atoms with Crippen molar-refractivity contribution in [3.8, 4) is 0 Å². The van der Waals surface area contributed by atoms with E-state index in [4.69, 9.17) is 11.6 Å². The molecule has 15 heavy (non-hydrogen) atoms. The maximum Gasteiger partial charge on any atom is 0.240 e. The van der Waals surface area contributed by atoms with Crippen LogP contribution in [-0.4, -0.2) is 25.7 Å². The van der Waals surface area contributed by atoms with Crippen molar-refractivity contribution in [3.05, 3.63) is 30.3 Å². The van der Waals surface area contributed by atoms with Gasteiger partial charge in [0.15, 0.2) is 0 Å². The van der Waals surface area contributed by atoms with Gasteiger partial charge in [0.25, 0.3) is 0 Å². The van der Waals surface area contributed by atoms with E-state index < -0.39 is 10.0 Å². The van der Waals surface area contributed by atoms with E-state index in [-0.39, 0.29) is 16.8 Å². The summed E-state index contributed by atoms with van der Waals surface area (Å²) in [5.74, 6) is 0.233. The van der Waals surface area contributed by atoms with Gasteiger partial charge in [0.05, 0.1) is 4.90 Å². The topological polar surface area (TPSA) is 46.2 Å². The summed E-state index contributed by atoms with van der Waals surface area (Å²) < 4.78 is 26.0. The van der Waals surface area contributed by atoms with Gasteiger partial charge in [0, 0.05) is 17.3 Å². The smallest absolute Gasteiger partial charge is 0.207 e. The number of hydrogen-bond donors (Lipinski definition) is 1. The van der Waals surface area contributed by atoms with Crippen LogP contribution in [0, 0.1) is 0 Å². The largest absolute Gasteiger partial charge is 0.240 e. The molecule has 1 aromatic rings. The molecule has 0 unspecified atom stereocenters. The van der Waals surface area contributed by atoms with Crippen LogP contribution in [0.5, 0.6) is 0 Å². The Morgan fingerprint density at radius 1 is 1.33 bits per heavy atom. The number of rotatable bonds is 5. The number of hydrogen-bond acceptors (Lipinski definition) is 2. The highest BCUT2D eigenvalue weighted by Crippen LogP contribution is 2.09. The second kappa shape index (κ2) is 5.84. The lowest BCUT2D eigenvalue weighted by Gasteiger charge is -2.13. The van der Waals surface area contributed by atoms with Gasteiger partial charge in [0.1, 0.15) is 0 Å². The van der Waals surface area contributed by atoms with Gasteiger partial charge in [-0.05, 0) is 12.1 Å². The average molecular weight is 313 g/mol. The number of alkyl halides is 2. The Morgan fingerprint density at radius 3 is 2.40 bits per heavy atom. The van der Waals surface area contributed by atoms with Gasteiger partial charge in [-0.15, -0.1) is 11.6 Å². The third-order valence-electron chi connectivity index (χ3n) is 1.75. The van der Waals surface area contributed by atoms with E-state index >= 15 is 0 Å². The standard InChI is InChI=1S/C9H11BrClNO2S/c10-6-8(7-11)12-15(13,14)9-4-2-1-3-5-9/h1-5,8,12H,6-7H2/t8-/m0/s1. The fourth-order valence-electron chi connectivity index (χ4n) is 0.991. The Hall–Kier alpha value is -0.100. The molecular weight excluding hydrogens is 302 g/mol. The summed E-state index contributed by atoms with van der Waals surface area (Å²) >= 11 is 8.79. The fraction of sp³-hybridized carbons (Fsp3) is 0.333. The van der Waals surface area contributed by atoms with E-state index in [0.717, 1.165) is 0 Å². The third kappa shape index (κ3) is 3.75. The second-order valence-electron chi connectivity index (χ2n) is 2.94. The molecule has 0 spiro atoms. The zero-order valence-electron chi connectivity index (χ0n) is 7.86. The molecule has 0 aliphatic carbocycles. The molecule has 84 valence electrons. The molecule has 0 aliphatic heterocycles. The number of halogens is 2. The second-order valence-corrected chi connectivity index (χ2v) is 5.61. The summed E-state index contributed by atoms with van der Waals surface area (Å²) in [4.78, 5) is 0.251. The van der Waals surface area contributed by atoms with Crippen molar-refractivity contribution in [2.45, 2.75) is 10.9 Å². The average Bonchev–Trinajstić information content (AvgIpc) is 2.27. The Balaban J connectivity index is 2.85. The molecule has 1 aromatic carbocycles. The third-order valence-corrected chi connectivity index (χ3v) is 4.44. The first-order valence-corrected chi connectivity index (χ1v) is 7.43. The molecule has 1 N–H and O–H groups in total. The normalized spacial score (nSPS) is 13.7. The predicted molar refractivity (Wildman–Crippen MR) is 65.1 cm³/mol. The van der Waals surface area contributed by atoms with Crippen molar-refractivity contribution < 1.29 is 8.42 Å².